The fourth-order valence-corrected chi connectivity index (χ4v) is 2.97. The average Bonchev–Trinajstić information content (AvgIpc) is 2.70. The van der Waals surface area contributed by atoms with Gasteiger partial charge in [0, 0.05) is 18.5 Å². The Morgan fingerprint density at radius 1 is 1.44 bits per heavy atom. The van der Waals surface area contributed by atoms with E-state index in [9.17, 15) is 0 Å². The van der Waals surface area contributed by atoms with Crippen LogP contribution in [-0.2, 0) is 7.05 Å². The second-order valence-corrected chi connectivity index (χ2v) is 5.50. The van der Waals surface area contributed by atoms with Crippen LogP contribution in [0.1, 0.15) is 30.9 Å². The number of hydrogen-bond donors (Lipinski definition) is 2. The number of nitrogens with zero attached hydrogens (tertiary/aromatic N) is 2. The van der Waals surface area contributed by atoms with Gasteiger partial charge in [-0.05, 0) is 37.1 Å². The number of aromatic nitrogens is 2. The summed E-state index contributed by atoms with van der Waals surface area (Å²) >= 11 is 0. The van der Waals surface area contributed by atoms with Crippen molar-refractivity contribution in [2.24, 2.45) is 23.9 Å². The molecule has 1 aliphatic rings. The largest absolute Gasteiger partial charge is 0.334 e. The van der Waals surface area contributed by atoms with Gasteiger partial charge in [0.05, 0.1) is 17.4 Å². The van der Waals surface area contributed by atoms with Crippen molar-refractivity contribution in [2.45, 2.75) is 25.3 Å². The summed E-state index contributed by atoms with van der Waals surface area (Å²) in [6.45, 7) is 0.675. The Hall–Kier alpha value is -1.39. The Morgan fingerprint density at radius 2 is 2.22 bits per heavy atom. The van der Waals surface area contributed by atoms with Gasteiger partial charge in [-0.2, -0.15) is 0 Å². The van der Waals surface area contributed by atoms with Gasteiger partial charge in [-0.3, -0.25) is 0 Å². The first-order valence-electron chi connectivity index (χ1n) is 6.53. The van der Waals surface area contributed by atoms with Crippen LogP contribution in [-0.4, -0.2) is 16.1 Å². The zero-order valence-electron chi connectivity index (χ0n) is 10.8. The summed E-state index contributed by atoms with van der Waals surface area (Å²) in [7, 11) is 2.00. The molecule has 1 atom stereocenters. The van der Waals surface area contributed by atoms with Crippen LogP contribution in [0.5, 0.6) is 0 Å². The Kier molecular flexibility index (Phi) is 2.64. The van der Waals surface area contributed by atoms with Crippen LogP contribution in [0.15, 0.2) is 24.5 Å². The van der Waals surface area contributed by atoms with E-state index in [4.69, 9.17) is 11.5 Å². The summed E-state index contributed by atoms with van der Waals surface area (Å²) in [6.07, 6.45) is 5.37. The van der Waals surface area contributed by atoms with Gasteiger partial charge in [0.2, 0.25) is 0 Å². The van der Waals surface area contributed by atoms with Gasteiger partial charge in [0.15, 0.2) is 0 Å². The third-order valence-electron chi connectivity index (χ3n) is 4.52. The van der Waals surface area contributed by atoms with Gasteiger partial charge in [-0.15, -0.1) is 0 Å². The van der Waals surface area contributed by atoms with Crippen LogP contribution >= 0.6 is 0 Å². The third kappa shape index (κ3) is 1.56. The molecule has 1 heterocycles. The SMILES string of the molecule is Cn1cnc2cc(C(N)C3(CN)CCC3)ccc21. The Morgan fingerprint density at radius 3 is 2.83 bits per heavy atom. The van der Waals surface area contributed by atoms with Crippen LogP contribution < -0.4 is 11.5 Å². The van der Waals surface area contributed by atoms with Crippen molar-refractivity contribution in [1.82, 2.24) is 9.55 Å². The molecular weight excluding hydrogens is 224 g/mol. The van der Waals surface area contributed by atoms with Crippen LogP contribution in [0.3, 0.4) is 0 Å². The van der Waals surface area contributed by atoms with Crippen LogP contribution in [0.2, 0.25) is 0 Å². The molecule has 4 nitrogen and oxygen atoms in total. The minimum atomic E-state index is 0.0302. The van der Waals surface area contributed by atoms with Gasteiger partial charge in [0.1, 0.15) is 0 Å². The Labute approximate surface area is 107 Å². The van der Waals surface area contributed by atoms with E-state index in [1.807, 2.05) is 17.9 Å². The number of rotatable bonds is 3. The molecule has 1 aromatic heterocycles. The van der Waals surface area contributed by atoms with Crippen molar-refractivity contribution < 1.29 is 0 Å². The number of nitrogens with two attached hydrogens (primary N) is 2. The summed E-state index contributed by atoms with van der Waals surface area (Å²) in [4.78, 5) is 4.39. The van der Waals surface area contributed by atoms with E-state index < -0.39 is 0 Å². The molecule has 1 fully saturated rings. The minimum absolute atomic E-state index is 0.0302. The van der Waals surface area contributed by atoms with E-state index in [1.165, 1.54) is 6.42 Å². The number of hydrogen-bond acceptors (Lipinski definition) is 3. The van der Waals surface area contributed by atoms with E-state index in [0.29, 0.717) is 6.54 Å². The predicted molar refractivity (Wildman–Crippen MR) is 73.0 cm³/mol. The maximum atomic E-state index is 6.43. The Bertz CT molecular complexity index is 563. The fraction of sp³-hybridized carbons (Fsp3) is 0.500. The first kappa shape index (κ1) is 11.7. The molecule has 0 saturated heterocycles. The van der Waals surface area contributed by atoms with E-state index >= 15 is 0 Å². The highest BCUT2D eigenvalue weighted by atomic mass is 15.0. The molecule has 1 aromatic carbocycles. The highest BCUT2D eigenvalue weighted by Gasteiger charge is 2.41. The van der Waals surface area contributed by atoms with Crippen LogP contribution in [0.4, 0.5) is 0 Å². The van der Waals surface area contributed by atoms with Crippen molar-refractivity contribution in [1.29, 1.82) is 0 Å². The maximum Gasteiger partial charge on any atom is 0.0955 e. The molecule has 4 N–H and O–H groups in total. The zero-order valence-corrected chi connectivity index (χ0v) is 10.8. The first-order chi connectivity index (χ1) is 8.66. The monoisotopic (exact) mass is 244 g/mol. The lowest BCUT2D eigenvalue weighted by Gasteiger charge is -2.45. The molecule has 4 heteroatoms. The first-order valence-corrected chi connectivity index (χ1v) is 6.53. The van der Waals surface area contributed by atoms with Crippen LogP contribution in [0.25, 0.3) is 11.0 Å². The summed E-state index contributed by atoms with van der Waals surface area (Å²) in [5, 5.41) is 0. The smallest absolute Gasteiger partial charge is 0.0955 e. The molecule has 1 aliphatic carbocycles. The molecule has 0 amide bonds. The van der Waals surface area contributed by atoms with Crippen LogP contribution in [0, 0.1) is 5.41 Å². The molecule has 96 valence electrons. The van der Waals surface area contributed by atoms with Gasteiger partial charge in [-0.25, -0.2) is 4.98 Å². The van der Waals surface area contributed by atoms with Gasteiger partial charge < -0.3 is 16.0 Å². The second kappa shape index (κ2) is 4.07. The lowest BCUT2D eigenvalue weighted by molar-refractivity contribution is 0.105. The molecular formula is C14H20N4. The Balaban J connectivity index is 1.98. The van der Waals surface area contributed by atoms with E-state index in [0.717, 1.165) is 29.4 Å². The van der Waals surface area contributed by atoms with Crippen molar-refractivity contribution >= 4 is 11.0 Å². The number of fused-ring (bicyclic) bond motifs is 1. The lowest BCUT2D eigenvalue weighted by Crippen LogP contribution is -2.46. The van der Waals surface area contributed by atoms with Crippen molar-refractivity contribution in [2.75, 3.05) is 6.54 Å². The number of imidazole rings is 1. The molecule has 0 aliphatic heterocycles. The fourth-order valence-electron chi connectivity index (χ4n) is 2.97. The van der Waals surface area contributed by atoms with E-state index in [-0.39, 0.29) is 11.5 Å². The molecule has 18 heavy (non-hydrogen) atoms. The standard InChI is InChI=1S/C14H20N4/c1-18-9-17-11-7-10(3-4-12(11)18)13(16)14(8-15)5-2-6-14/h3-4,7,9,13H,2,5-6,8,15-16H2,1H3. The van der Waals surface area contributed by atoms with E-state index in [1.54, 1.807) is 0 Å². The summed E-state index contributed by atoms with van der Waals surface area (Å²) in [5.74, 6) is 0. The molecule has 2 aromatic rings. The second-order valence-electron chi connectivity index (χ2n) is 5.50. The third-order valence-corrected chi connectivity index (χ3v) is 4.52. The van der Waals surface area contributed by atoms with Crippen molar-refractivity contribution in [3.05, 3.63) is 30.1 Å². The molecule has 0 bridgehead atoms. The topological polar surface area (TPSA) is 69.9 Å². The van der Waals surface area contributed by atoms with Gasteiger partial charge in [-0.1, -0.05) is 12.5 Å². The lowest BCUT2D eigenvalue weighted by atomic mass is 9.63. The van der Waals surface area contributed by atoms with Gasteiger partial charge >= 0.3 is 0 Å². The normalized spacial score (nSPS) is 19.7. The zero-order chi connectivity index (χ0) is 12.8. The summed E-state index contributed by atoms with van der Waals surface area (Å²) in [5.41, 5.74) is 15.8. The quantitative estimate of drug-likeness (QED) is 0.863. The number of benzene rings is 1. The molecule has 3 rings (SSSR count). The van der Waals surface area contributed by atoms with Crippen molar-refractivity contribution in [3.8, 4) is 0 Å². The predicted octanol–water partition coefficient (Wildman–Crippen LogP) is 1.70. The van der Waals surface area contributed by atoms with Crippen molar-refractivity contribution in [3.63, 3.8) is 0 Å². The average molecular weight is 244 g/mol. The highest BCUT2D eigenvalue weighted by molar-refractivity contribution is 5.76. The summed E-state index contributed by atoms with van der Waals surface area (Å²) in [6, 6.07) is 6.35. The molecule has 0 radical (unpaired) electrons. The number of aryl methyl sites for hydroxylation is 1. The highest BCUT2D eigenvalue weighted by Crippen LogP contribution is 2.48. The van der Waals surface area contributed by atoms with Gasteiger partial charge in [0.25, 0.3) is 0 Å². The molecule has 0 spiro atoms. The maximum absolute atomic E-state index is 6.43. The molecule has 1 unspecified atom stereocenters. The minimum Gasteiger partial charge on any atom is -0.334 e. The molecule has 1 saturated carbocycles. The summed E-state index contributed by atoms with van der Waals surface area (Å²) < 4.78 is 2.02. The van der Waals surface area contributed by atoms with E-state index in [2.05, 4.69) is 23.2 Å².